The van der Waals surface area contributed by atoms with Gasteiger partial charge in [0, 0.05) is 31.7 Å². The van der Waals surface area contributed by atoms with Gasteiger partial charge in [-0.05, 0) is 25.6 Å². The van der Waals surface area contributed by atoms with Crippen LogP contribution < -0.4 is 5.32 Å². The summed E-state index contributed by atoms with van der Waals surface area (Å²) in [5.74, 6) is 0. The quantitative estimate of drug-likeness (QED) is 0.635. The van der Waals surface area contributed by atoms with E-state index in [-0.39, 0.29) is 5.41 Å². The molecule has 0 aliphatic rings. The Morgan fingerprint density at radius 1 is 1.14 bits per heavy atom. The molecule has 0 saturated heterocycles. The lowest BCUT2D eigenvalue weighted by atomic mass is 9.81. The highest BCUT2D eigenvalue weighted by atomic mass is 16.5. The molecule has 0 aliphatic carbocycles. The molecule has 120 valence electrons. The summed E-state index contributed by atoms with van der Waals surface area (Å²) in [5, 5.41) is 3.53. The molecule has 1 aromatic rings. The molecule has 1 unspecified atom stereocenters. The van der Waals surface area contributed by atoms with Crippen molar-refractivity contribution in [2.45, 2.75) is 33.1 Å². The summed E-state index contributed by atoms with van der Waals surface area (Å²) in [6.45, 7) is 15.5. The lowest BCUT2D eigenvalue weighted by molar-refractivity contribution is 0.105. The second kappa shape index (κ2) is 9.93. The number of rotatable bonds is 11. The highest BCUT2D eigenvalue weighted by Crippen LogP contribution is 2.24. The molecule has 0 bridgehead atoms. The first-order chi connectivity index (χ1) is 10.2. The van der Waals surface area contributed by atoms with Gasteiger partial charge in [-0.2, -0.15) is 0 Å². The van der Waals surface area contributed by atoms with Crippen LogP contribution in [0.25, 0.3) is 0 Å². The average molecular weight is 292 g/mol. The minimum Gasteiger partial charge on any atom is -0.380 e. The molecule has 0 aromatic heterocycles. The molecule has 1 rings (SSSR count). The second-order valence-electron chi connectivity index (χ2n) is 5.77. The predicted molar refractivity (Wildman–Crippen MR) is 90.9 cm³/mol. The van der Waals surface area contributed by atoms with Gasteiger partial charge in [0.1, 0.15) is 0 Å². The lowest BCUT2D eigenvalue weighted by Gasteiger charge is -2.36. The van der Waals surface area contributed by atoms with Gasteiger partial charge in [0.05, 0.1) is 6.61 Å². The van der Waals surface area contributed by atoms with Gasteiger partial charge in [-0.25, -0.2) is 0 Å². The number of hydrogen-bond acceptors (Lipinski definition) is 3. The molecule has 3 nitrogen and oxygen atoms in total. The van der Waals surface area contributed by atoms with Crippen LogP contribution in [-0.2, 0) is 10.2 Å². The molecule has 0 fully saturated rings. The molecule has 0 amide bonds. The predicted octanol–water partition coefficient (Wildman–Crippen LogP) is 2.91. The van der Waals surface area contributed by atoms with Crippen molar-refractivity contribution in [1.82, 2.24) is 10.2 Å². The summed E-state index contributed by atoms with van der Waals surface area (Å²) in [5.41, 5.74) is 1.53. The van der Waals surface area contributed by atoms with E-state index in [1.54, 1.807) is 0 Å². The van der Waals surface area contributed by atoms with E-state index in [0.717, 1.165) is 45.9 Å². The van der Waals surface area contributed by atoms with Crippen LogP contribution >= 0.6 is 0 Å². The zero-order valence-corrected chi connectivity index (χ0v) is 14.2. The van der Waals surface area contributed by atoms with Gasteiger partial charge in [0.15, 0.2) is 0 Å². The van der Waals surface area contributed by atoms with Gasteiger partial charge in [0.25, 0.3) is 0 Å². The van der Waals surface area contributed by atoms with E-state index in [9.17, 15) is 0 Å². The largest absolute Gasteiger partial charge is 0.380 e. The first kappa shape index (κ1) is 18.1. The van der Waals surface area contributed by atoms with Crippen LogP contribution in [0, 0.1) is 0 Å². The first-order valence-corrected chi connectivity index (χ1v) is 8.22. The van der Waals surface area contributed by atoms with Gasteiger partial charge < -0.3 is 15.0 Å². The van der Waals surface area contributed by atoms with Crippen molar-refractivity contribution in [3.8, 4) is 0 Å². The van der Waals surface area contributed by atoms with Crippen molar-refractivity contribution in [3.63, 3.8) is 0 Å². The van der Waals surface area contributed by atoms with Gasteiger partial charge >= 0.3 is 0 Å². The van der Waals surface area contributed by atoms with Crippen molar-refractivity contribution in [3.05, 3.63) is 35.9 Å². The third-order valence-electron chi connectivity index (χ3n) is 4.01. The molecule has 1 atom stereocenters. The Bertz CT molecular complexity index is 369. The van der Waals surface area contributed by atoms with Gasteiger partial charge in [0.2, 0.25) is 0 Å². The van der Waals surface area contributed by atoms with E-state index in [4.69, 9.17) is 4.74 Å². The van der Waals surface area contributed by atoms with E-state index >= 15 is 0 Å². The standard InChI is InChI=1S/C18H32N2O/c1-5-19-15-18(4,17-11-9-8-10-12-17)16-20(6-2)13-14-21-7-3/h8-12,19H,5-7,13-16H2,1-4H3. The normalized spacial score (nSPS) is 14.3. The third kappa shape index (κ3) is 6.16. The number of nitrogens with zero attached hydrogens (tertiary/aromatic N) is 1. The molecule has 0 saturated carbocycles. The topological polar surface area (TPSA) is 24.5 Å². The minimum absolute atomic E-state index is 0.124. The summed E-state index contributed by atoms with van der Waals surface area (Å²) >= 11 is 0. The van der Waals surface area contributed by atoms with Crippen LogP contribution in [-0.4, -0.2) is 50.8 Å². The van der Waals surface area contributed by atoms with Gasteiger partial charge in [-0.3, -0.25) is 0 Å². The maximum absolute atomic E-state index is 5.51. The highest BCUT2D eigenvalue weighted by molar-refractivity contribution is 5.25. The van der Waals surface area contributed by atoms with E-state index in [2.05, 4.69) is 68.2 Å². The maximum atomic E-state index is 5.51. The van der Waals surface area contributed by atoms with Crippen LogP contribution in [0.2, 0.25) is 0 Å². The van der Waals surface area contributed by atoms with Crippen LogP contribution in [0.4, 0.5) is 0 Å². The fourth-order valence-corrected chi connectivity index (χ4v) is 2.67. The molecule has 0 spiro atoms. The van der Waals surface area contributed by atoms with E-state index in [1.807, 2.05) is 0 Å². The Hall–Kier alpha value is -0.900. The lowest BCUT2D eigenvalue weighted by Crippen LogP contribution is -2.46. The zero-order valence-electron chi connectivity index (χ0n) is 14.2. The number of nitrogens with one attached hydrogen (secondary N) is 1. The first-order valence-electron chi connectivity index (χ1n) is 8.22. The van der Waals surface area contributed by atoms with Crippen molar-refractivity contribution >= 4 is 0 Å². The fourth-order valence-electron chi connectivity index (χ4n) is 2.67. The smallest absolute Gasteiger partial charge is 0.0593 e. The van der Waals surface area contributed by atoms with Gasteiger partial charge in [-0.1, -0.05) is 51.1 Å². The Kier molecular flexibility index (Phi) is 8.58. The molecule has 0 radical (unpaired) electrons. The van der Waals surface area contributed by atoms with Crippen molar-refractivity contribution in [2.75, 3.05) is 45.9 Å². The molecular weight excluding hydrogens is 260 g/mol. The third-order valence-corrected chi connectivity index (χ3v) is 4.01. The SMILES string of the molecule is CCNCC(C)(CN(CC)CCOCC)c1ccccc1. The summed E-state index contributed by atoms with van der Waals surface area (Å²) in [4.78, 5) is 2.49. The molecule has 1 N–H and O–H groups in total. The molecule has 0 heterocycles. The summed E-state index contributed by atoms with van der Waals surface area (Å²) in [7, 11) is 0. The zero-order chi connectivity index (χ0) is 15.6. The van der Waals surface area contributed by atoms with Crippen LogP contribution in [0.15, 0.2) is 30.3 Å². The van der Waals surface area contributed by atoms with E-state index < -0.39 is 0 Å². The number of likely N-dealkylation sites (N-methyl/N-ethyl adjacent to an activating group) is 2. The van der Waals surface area contributed by atoms with Crippen molar-refractivity contribution in [2.24, 2.45) is 0 Å². The number of benzene rings is 1. The molecule has 1 aromatic carbocycles. The Morgan fingerprint density at radius 3 is 2.43 bits per heavy atom. The molecule has 21 heavy (non-hydrogen) atoms. The maximum Gasteiger partial charge on any atom is 0.0593 e. The Labute approximate surface area is 130 Å². The Morgan fingerprint density at radius 2 is 1.86 bits per heavy atom. The minimum atomic E-state index is 0.124. The van der Waals surface area contributed by atoms with Crippen molar-refractivity contribution in [1.29, 1.82) is 0 Å². The summed E-state index contributed by atoms with van der Waals surface area (Å²) in [6, 6.07) is 10.8. The summed E-state index contributed by atoms with van der Waals surface area (Å²) in [6.07, 6.45) is 0. The van der Waals surface area contributed by atoms with Crippen LogP contribution in [0.3, 0.4) is 0 Å². The average Bonchev–Trinajstić information content (AvgIpc) is 2.53. The monoisotopic (exact) mass is 292 g/mol. The molecular formula is C18H32N2O. The number of ether oxygens (including phenoxy) is 1. The van der Waals surface area contributed by atoms with Crippen LogP contribution in [0.1, 0.15) is 33.3 Å². The highest BCUT2D eigenvalue weighted by Gasteiger charge is 2.28. The van der Waals surface area contributed by atoms with Gasteiger partial charge in [-0.15, -0.1) is 0 Å². The fraction of sp³-hybridized carbons (Fsp3) is 0.667. The van der Waals surface area contributed by atoms with E-state index in [1.165, 1.54) is 5.56 Å². The second-order valence-corrected chi connectivity index (χ2v) is 5.77. The van der Waals surface area contributed by atoms with Crippen LogP contribution in [0.5, 0.6) is 0 Å². The summed E-state index contributed by atoms with van der Waals surface area (Å²) < 4.78 is 5.51. The molecule has 0 aliphatic heterocycles. The van der Waals surface area contributed by atoms with E-state index in [0.29, 0.717) is 0 Å². The molecule has 3 heteroatoms. The van der Waals surface area contributed by atoms with Crippen molar-refractivity contribution < 1.29 is 4.74 Å². The Balaban J connectivity index is 2.76. The number of hydrogen-bond donors (Lipinski definition) is 1.